The van der Waals surface area contributed by atoms with Crippen LogP contribution >= 0.6 is 0 Å². The molecule has 0 heterocycles. The van der Waals surface area contributed by atoms with Crippen LogP contribution in [0.2, 0.25) is 0 Å². The fourth-order valence-corrected chi connectivity index (χ4v) is 3.74. The maximum Gasteiger partial charge on any atom is 0.119 e. The minimum Gasteiger partial charge on any atom is -0.489 e. The molecule has 0 saturated heterocycles. The van der Waals surface area contributed by atoms with Crippen LogP contribution in [0.1, 0.15) is 23.1 Å². The smallest absolute Gasteiger partial charge is 0.119 e. The van der Waals surface area contributed by atoms with Gasteiger partial charge in [0.25, 0.3) is 0 Å². The molecular weight excluding hydrogens is 318 g/mol. The first kappa shape index (κ1) is 16.7. The number of benzene rings is 3. The molecule has 0 bridgehead atoms. The van der Waals surface area contributed by atoms with E-state index in [1.54, 1.807) is 0 Å². The molecule has 0 spiro atoms. The van der Waals surface area contributed by atoms with Gasteiger partial charge >= 0.3 is 0 Å². The maximum absolute atomic E-state index is 5.90. The zero-order valence-electron chi connectivity index (χ0n) is 15.3. The van der Waals surface area contributed by atoms with Crippen LogP contribution in [-0.4, -0.2) is 13.1 Å². The zero-order chi connectivity index (χ0) is 17.8. The van der Waals surface area contributed by atoms with Crippen LogP contribution in [0.5, 0.6) is 5.75 Å². The van der Waals surface area contributed by atoms with Crippen LogP contribution < -0.4 is 9.64 Å². The van der Waals surface area contributed by atoms with E-state index >= 15 is 0 Å². The summed E-state index contributed by atoms with van der Waals surface area (Å²) in [4.78, 5) is 2.41. The average molecular weight is 343 g/mol. The monoisotopic (exact) mass is 343 g/mol. The Bertz CT molecular complexity index is 842. The summed E-state index contributed by atoms with van der Waals surface area (Å²) >= 11 is 0. The summed E-state index contributed by atoms with van der Waals surface area (Å²) in [6.07, 6.45) is 3.50. The van der Waals surface area contributed by atoms with Crippen molar-refractivity contribution in [3.05, 3.63) is 95.6 Å². The van der Waals surface area contributed by atoms with Gasteiger partial charge in [0.05, 0.1) is 0 Å². The van der Waals surface area contributed by atoms with Gasteiger partial charge in [-0.25, -0.2) is 0 Å². The molecule has 2 heteroatoms. The minimum atomic E-state index is 0.556. The van der Waals surface area contributed by atoms with Crippen molar-refractivity contribution in [3.63, 3.8) is 0 Å². The first-order chi connectivity index (χ1) is 12.8. The quantitative estimate of drug-likeness (QED) is 0.626. The fraction of sp³-hybridized carbons (Fsp3) is 0.250. The first-order valence-electron chi connectivity index (χ1n) is 9.36. The molecule has 0 aromatic heterocycles. The van der Waals surface area contributed by atoms with E-state index in [0.29, 0.717) is 12.6 Å². The topological polar surface area (TPSA) is 12.5 Å². The molecule has 1 aliphatic carbocycles. The number of aryl methyl sites for hydroxylation is 1. The molecule has 3 aromatic carbocycles. The van der Waals surface area contributed by atoms with Gasteiger partial charge in [0.2, 0.25) is 0 Å². The summed E-state index contributed by atoms with van der Waals surface area (Å²) in [5, 5.41) is 0. The number of hydrogen-bond acceptors (Lipinski definition) is 2. The molecule has 0 radical (unpaired) electrons. The van der Waals surface area contributed by atoms with Gasteiger partial charge in [0, 0.05) is 18.8 Å². The van der Waals surface area contributed by atoms with E-state index in [1.165, 1.54) is 35.2 Å². The van der Waals surface area contributed by atoms with Crippen molar-refractivity contribution in [2.45, 2.75) is 31.9 Å². The van der Waals surface area contributed by atoms with E-state index in [1.807, 2.05) is 18.2 Å². The van der Waals surface area contributed by atoms with Gasteiger partial charge in [-0.3, -0.25) is 0 Å². The van der Waals surface area contributed by atoms with E-state index in [9.17, 15) is 0 Å². The van der Waals surface area contributed by atoms with Crippen molar-refractivity contribution in [3.8, 4) is 5.75 Å². The molecule has 26 heavy (non-hydrogen) atoms. The minimum absolute atomic E-state index is 0.556. The zero-order valence-corrected chi connectivity index (χ0v) is 15.3. The van der Waals surface area contributed by atoms with Crippen molar-refractivity contribution in [1.29, 1.82) is 0 Å². The summed E-state index contributed by atoms with van der Waals surface area (Å²) < 4.78 is 5.90. The second-order valence-corrected chi connectivity index (χ2v) is 7.04. The lowest BCUT2D eigenvalue weighted by atomic mass is 9.87. The summed E-state index contributed by atoms with van der Waals surface area (Å²) in [6.45, 7) is 0.607. The lowest BCUT2D eigenvalue weighted by molar-refractivity contribution is 0.306. The van der Waals surface area contributed by atoms with Crippen molar-refractivity contribution in [1.82, 2.24) is 0 Å². The van der Waals surface area contributed by atoms with Crippen molar-refractivity contribution in [2.75, 3.05) is 11.9 Å². The van der Waals surface area contributed by atoms with Crippen LogP contribution in [0.25, 0.3) is 0 Å². The van der Waals surface area contributed by atoms with Crippen molar-refractivity contribution in [2.24, 2.45) is 0 Å². The highest BCUT2D eigenvalue weighted by molar-refractivity contribution is 5.50. The van der Waals surface area contributed by atoms with Crippen LogP contribution in [0.4, 0.5) is 5.69 Å². The molecule has 2 nitrogen and oxygen atoms in total. The van der Waals surface area contributed by atoms with E-state index in [2.05, 4.69) is 72.6 Å². The number of likely N-dealkylation sites (N-methyl/N-ethyl adjacent to an activating group) is 1. The normalized spacial score (nSPS) is 16.0. The summed E-state index contributed by atoms with van der Waals surface area (Å²) in [7, 11) is 2.21. The molecule has 1 aliphatic rings. The molecule has 1 atom stereocenters. The van der Waals surface area contributed by atoms with E-state index < -0.39 is 0 Å². The van der Waals surface area contributed by atoms with E-state index in [0.717, 1.165) is 12.2 Å². The van der Waals surface area contributed by atoms with Crippen molar-refractivity contribution >= 4 is 5.69 Å². The van der Waals surface area contributed by atoms with Crippen molar-refractivity contribution < 1.29 is 4.74 Å². The van der Waals surface area contributed by atoms with Gasteiger partial charge in [-0.1, -0.05) is 54.6 Å². The predicted octanol–water partition coefficient (Wildman–Crippen LogP) is 5.26. The molecule has 1 unspecified atom stereocenters. The Morgan fingerprint density at radius 3 is 2.31 bits per heavy atom. The highest BCUT2D eigenvalue weighted by Crippen LogP contribution is 2.28. The van der Waals surface area contributed by atoms with Gasteiger partial charge in [-0.15, -0.1) is 0 Å². The average Bonchev–Trinajstić information content (AvgIpc) is 2.72. The van der Waals surface area contributed by atoms with E-state index in [-0.39, 0.29) is 0 Å². The summed E-state index contributed by atoms with van der Waals surface area (Å²) in [5.41, 5.74) is 5.45. The number of anilines is 1. The Labute approximate surface area is 156 Å². The Kier molecular flexibility index (Phi) is 4.92. The molecular formula is C24H25NO. The second kappa shape index (κ2) is 7.65. The highest BCUT2D eigenvalue weighted by atomic mass is 16.5. The number of rotatable bonds is 5. The van der Waals surface area contributed by atoms with Gasteiger partial charge in [-0.2, -0.15) is 0 Å². The highest BCUT2D eigenvalue weighted by Gasteiger charge is 2.22. The van der Waals surface area contributed by atoms with Gasteiger partial charge < -0.3 is 9.64 Å². The largest absolute Gasteiger partial charge is 0.489 e. The molecule has 4 rings (SSSR count). The van der Waals surface area contributed by atoms with Gasteiger partial charge in [0.1, 0.15) is 12.4 Å². The lowest BCUT2D eigenvalue weighted by Crippen LogP contribution is -2.36. The standard InChI is InChI=1S/C24H25NO/c1-25(23-12-11-20-9-5-6-10-21(20)17-23)22-13-15-24(16-14-22)26-18-19-7-3-2-4-8-19/h2-10,13-16,23H,11-12,17-18H2,1H3. The van der Waals surface area contributed by atoms with Gasteiger partial charge in [0.15, 0.2) is 0 Å². The second-order valence-electron chi connectivity index (χ2n) is 7.04. The van der Waals surface area contributed by atoms with Crippen LogP contribution in [0, 0.1) is 0 Å². The molecule has 0 fully saturated rings. The SMILES string of the molecule is CN(c1ccc(OCc2ccccc2)cc1)C1CCc2ccccc2C1. The molecule has 0 N–H and O–H groups in total. The summed E-state index contributed by atoms with van der Waals surface area (Å²) in [6, 6.07) is 28.2. The van der Waals surface area contributed by atoms with Crippen LogP contribution in [-0.2, 0) is 19.4 Å². The third-order valence-electron chi connectivity index (χ3n) is 5.36. The molecule has 132 valence electrons. The Hall–Kier alpha value is -2.74. The Balaban J connectivity index is 1.39. The number of hydrogen-bond donors (Lipinski definition) is 0. The molecule has 0 amide bonds. The Morgan fingerprint density at radius 2 is 1.54 bits per heavy atom. The molecule has 0 saturated carbocycles. The third kappa shape index (κ3) is 3.75. The van der Waals surface area contributed by atoms with Gasteiger partial charge in [-0.05, 0) is 60.2 Å². The summed E-state index contributed by atoms with van der Waals surface area (Å²) in [5.74, 6) is 0.917. The third-order valence-corrected chi connectivity index (χ3v) is 5.36. The van der Waals surface area contributed by atoms with E-state index in [4.69, 9.17) is 4.74 Å². The first-order valence-corrected chi connectivity index (χ1v) is 9.36. The number of ether oxygens (including phenoxy) is 1. The lowest BCUT2D eigenvalue weighted by Gasteiger charge is -2.34. The van der Waals surface area contributed by atoms with Crippen LogP contribution in [0.3, 0.4) is 0 Å². The number of fused-ring (bicyclic) bond motifs is 1. The maximum atomic E-state index is 5.90. The molecule has 0 aliphatic heterocycles. The fourth-order valence-electron chi connectivity index (χ4n) is 3.74. The molecule has 3 aromatic rings. The Morgan fingerprint density at radius 1 is 0.846 bits per heavy atom. The van der Waals surface area contributed by atoms with Crippen LogP contribution in [0.15, 0.2) is 78.9 Å². The predicted molar refractivity (Wildman–Crippen MR) is 108 cm³/mol. The number of nitrogens with zero attached hydrogens (tertiary/aromatic N) is 1.